The first-order valence-electron chi connectivity index (χ1n) is 7.27. The first kappa shape index (κ1) is 16.5. The molecule has 0 radical (unpaired) electrons. The molecule has 2 aromatic heterocycles. The molecule has 4 heteroatoms. The smallest absolute Gasteiger partial charge is 0.0589 e. The van der Waals surface area contributed by atoms with Gasteiger partial charge in [-0.15, -0.1) is 46.2 Å². The largest absolute Gasteiger partial charge is 0.142 e. The predicted molar refractivity (Wildman–Crippen MR) is 98.9 cm³/mol. The van der Waals surface area contributed by atoms with Crippen LogP contribution in [0.4, 0.5) is 0 Å². The van der Waals surface area contributed by atoms with Crippen LogP contribution in [0.1, 0.15) is 39.5 Å². The van der Waals surface area contributed by atoms with Gasteiger partial charge >= 0.3 is 0 Å². The van der Waals surface area contributed by atoms with Crippen molar-refractivity contribution < 1.29 is 0 Å². The lowest BCUT2D eigenvalue weighted by atomic mass is 10.4. The molecule has 20 heavy (non-hydrogen) atoms. The number of thioether (sulfide) groups is 2. The van der Waals surface area contributed by atoms with Gasteiger partial charge in [0.15, 0.2) is 0 Å². The molecule has 0 amide bonds. The molecule has 2 aromatic rings. The van der Waals surface area contributed by atoms with Gasteiger partial charge in [0.2, 0.25) is 0 Å². The fourth-order valence-corrected chi connectivity index (χ4v) is 6.62. The summed E-state index contributed by atoms with van der Waals surface area (Å²) in [5, 5.41) is 4.48. The van der Waals surface area contributed by atoms with Crippen LogP contribution in [0.15, 0.2) is 32.7 Å². The second kappa shape index (κ2) is 9.19. The van der Waals surface area contributed by atoms with Crippen molar-refractivity contribution in [1.82, 2.24) is 0 Å². The Hall–Kier alpha value is 0.1000. The van der Waals surface area contributed by atoms with Crippen LogP contribution in [-0.4, -0.2) is 11.5 Å². The van der Waals surface area contributed by atoms with E-state index in [0.717, 1.165) is 0 Å². The van der Waals surface area contributed by atoms with Crippen molar-refractivity contribution in [1.29, 1.82) is 0 Å². The summed E-state index contributed by atoms with van der Waals surface area (Å²) in [5.74, 6) is 2.48. The Labute approximate surface area is 139 Å². The minimum absolute atomic E-state index is 1.24. The van der Waals surface area contributed by atoms with Gasteiger partial charge in [0.25, 0.3) is 0 Å². The third-order valence-corrected chi connectivity index (χ3v) is 7.51. The quantitative estimate of drug-likeness (QED) is 0.347. The second-order valence-corrected chi connectivity index (χ2v) is 8.74. The van der Waals surface area contributed by atoms with Crippen LogP contribution in [0.25, 0.3) is 9.75 Å². The molecular weight excluding hydrogens is 320 g/mol. The number of unbranched alkanes of at least 4 members (excludes halogenated alkanes) is 2. The third kappa shape index (κ3) is 4.55. The summed E-state index contributed by atoms with van der Waals surface area (Å²) in [6.45, 7) is 4.52. The lowest BCUT2D eigenvalue weighted by molar-refractivity contribution is 0.896. The molecule has 0 saturated carbocycles. The van der Waals surface area contributed by atoms with Crippen molar-refractivity contribution in [3.8, 4) is 9.75 Å². The fourth-order valence-electron chi connectivity index (χ4n) is 1.81. The third-order valence-electron chi connectivity index (χ3n) is 2.98. The number of hydrogen-bond donors (Lipinski definition) is 0. The zero-order chi connectivity index (χ0) is 14.2. The van der Waals surface area contributed by atoms with E-state index in [1.54, 1.807) is 0 Å². The normalized spacial score (nSPS) is 11.1. The van der Waals surface area contributed by atoms with Crippen LogP contribution < -0.4 is 0 Å². The molecular formula is C16H22S4. The summed E-state index contributed by atoms with van der Waals surface area (Å²) in [6.07, 6.45) is 5.18. The van der Waals surface area contributed by atoms with E-state index in [1.165, 1.54) is 56.7 Å². The molecule has 2 heterocycles. The summed E-state index contributed by atoms with van der Waals surface area (Å²) in [6, 6.07) is 4.58. The summed E-state index contributed by atoms with van der Waals surface area (Å²) >= 11 is 7.83. The standard InChI is InChI=1S/C16H22S4/c1-3-5-9-17-13-7-11-19-15(13)16-14(8-12-20-16)18-10-6-4-2/h7-8,11-12H,3-6,9-10H2,1-2H3. The van der Waals surface area contributed by atoms with Gasteiger partial charge in [0.05, 0.1) is 9.75 Å². The fraction of sp³-hybridized carbons (Fsp3) is 0.500. The average Bonchev–Trinajstić information content (AvgIpc) is 3.08. The van der Waals surface area contributed by atoms with Crippen molar-refractivity contribution in [2.45, 2.75) is 49.3 Å². The van der Waals surface area contributed by atoms with E-state index in [9.17, 15) is 0 Å². The van der Waals surface area contributed by atoms with Crippen molar-refractivity contribution in [3.63, 3.8) is 0 Å². The van der Waals surface area contributed by atoms with Crippen molar-refractivity contribution in [3.05, 3.63) is 22.9 Å². The number of hydrogen-bond acceptors (Lipinski definition) is 4. The predicted octanol–water partition coefficient (Wildman–Crippen LogP) is 7.26. The molecule has 0 N–H and O–H groups in total. The molecule has 0 aliphatic heterocycles. The number of rotatable bonds is 9. The van der Waals surface area contributed by atoms with Crippen molar-refractivity contribution in [2.75, 3.05) is 11.5 Å². The minimum Gasteiger partial charge on any atom is -0.142 e. The monoisotopic (exact) mass is 342 g/mol. The molecule has 0 aliphatic rings. The Kier molecular flexibility index (Phi) is 7.56. The molecule has 0 unspecified atom stereocenters. The highest BCUT2D eigenvalue weighted by Crippen LogP contribution is 2.44. The second-order valence-electron chi connectivity index (χ2n) is 4.63. The maximum Gasteiger partial charge on any atom is 0.0589 e. The van der Waals surface area contributed by atoms with Gasteiger partial charge in [-0.25, -0.2) is 0 Å². The van der Waals surface area contributed by atoms with Crippen molar-refractivity contribution in [2.24, 2.45) is 0 Å². The van der Waals surface area contributed by atoms with E-state index in [1.807, 2.05) is 46.2 Å². The Bertz CT molecular complexity index is 452. The van der Waals surface area contributed by atoms with Crippen LogP contribution in [0.3, 0.4) is 0 Å². The molecule has 2 rings (SSSR count). The molecule has 0 fully saturated rings. The molecule has 0 aromatic carbocycles. The Morgan fingerprint density at radius 1 is 0.800 bits per heavy atom. The van der Waals surface area contributed by atoms with Gasteiger partial charge in [-0.3, -0.25) is 0 Å². The highest BCUT2D eigenvalue weighted by atomic mass is 32.2. The molecule has 0 nitrogen and oxygen atoms in total. The van der Waals surface area contributed by atoms with E-state index in [0.29, 0.717) is 0 Å². The SMILES string of the molecule is CCCCSc1ccsc1-c1sccc1SCCCC. The topological polar surface area (TPSA) is 0 Å². The summed E-state index contributed by atoms with van der Waals surface area (Å²) < 4.78 is 0. The molecule has 0 aliphatic carbocycles. The lowest BCUT2D eigenvalue weighted by Crippen LogP contribution is -1.81. The highest BCUT2D eigenvalue weighted by Gasteiger charge is 2.13. The van der Waals surface area contributed by atoms with E-state index in [2.05, 4.69) is 36.7 Å². The highest BCUT2D eigenvalue weighted by molar-refractivity contribution is 8.00. The van der Waals surface area contributed by atoms with Crippen LogP contribution in [0.5, 0.6) is 0 Å². The Morgan fingerprint density at radius 3 is 1.65 bits per heavy atom. The van der Waals surface area contributed by atoms with E-state index >= 15 is 0 Å². The zero-order valence-electron chi connectivity index (χ0n) is 12.2. The summed E-state index contributed by atoms with van der Waals surface area (Å²) in [4.78, 5) is 5.92. The van der Waals surface area contributed by atoms with Gasteiger partial charge in [0, 0.05) is 9.79 Å². The molecule has 110 valence electrons. The average molecular weight is 343 g/mol. The first-order valence-corrected chi connectivity index (χ1v) is 11.0. The first-order chi connectivity index (χ1) is 9.86. The maximum atomic E-state index is 2.29. The van der Waals surface area contributed by atoms with E-state index in [4.69, 9.17) is 0 Å². The minimum atomic E-state index is 1.24. The van der Waals surface area contributed by atoms with Crippen molar-refractivity contribution >= 4 is 46.2 Å². The molecule has 0 saturated heterocycles. The Morgan fingerprint density at radius 2 is 1.25 bits per heavy atom. The summed E-state index contributed by atoms with van der Waals surface area (Å²) in [5.41, 5.74) is 0. The van der Waals surface area contributed by atoms with Crippen LogP contribution >= 0.6 is 46.2 Å². The van der Waals surface area contributed by atoms with E-state index < -0.39 is 0 Å². The van der Waals surface area contributed by atoms with Gasteiger partial charge in [-0.2, -0.15) is 0 Å². The van der Waals surface area contributed by atoms with Gasteiger partial charge < -0.3 is 0 Å². The van der Waals surface area contributed by atoms with E-state index in [-0.39, 0.29) is 0 Å². The maximum absolute atomic E-state index is 2.29. The molecule has 0 bridgehead atoms. The zero-order valence-corrected chi connectivity index (χ0v) is 15.5. The lowest BCUT2D eigenvalue weighted by Gasteiger charge is -2.05. The summed E-state index contributed by atoms with van der Waals surface area (Å²) in [7, 11) is 0. The Balaban J connectivity index is 2.07. The van der Waals surface area contributed by atoms with Gasteiger partial charge in [-0.1, -0.05) is 26.7 Å². The number of thiophene rings is 2. The van der Waals surface area contributed by atoms with Crippen LogP contribution in [0.2, 0.25) is 0 Å². The molecule has 0 atom stereocenters. The molecule has 0 spiro atoms. The van der Waals surface area contributed by atoms with Gasteiger partial charge in [0.1, 0.15) is 0 Å². The van der Waals surface area contributed by atoms with Gasteiger partial charge in [-0.05, 0) is 47.2 Å². The van der Waals surface area contributed by atoms with Crippen LogP contribution in [-0.2, 0) is 0 Å². The van der Waals surface area contributed by atoms with Crippen LogP contribution in [0, 0.1) is 0 Å².